The number of esters is 1. The number of aromatic hydroxyl groups is 1. The molecular weight excluding hydrogens is 540 g/mol. The summed E-state index contributed by atoms with van der Waals surface area (Å²) in [5.41, 5.74) is 1.01. The highest BCUT2D eigenvalue weighted by atomic mass is 79.9. The van der Waals surface area contributed by atoms with Gasteiger partial charge in [0, 0.05) is 44.6 Å². The molecule has 1 saturated heterocycles. The number of piperazine rings is 1. The molecule has 1 aromatic carbocycles. The molecule has 1 amide bonds. The van der Waals surface area contributed by atoms with Gasteiger partial charge >= 0.3 is 5.97 Å². The maximum Gasteiger partial charge on any atom is 0.306 e. The summed E-state index contributed by atoms with van der Waals surface area (Å²) in [5, 5.41) is 9.89. The number of phenolic OH excluding ortho intramolecular Hbond substituents is 1. The number of amides is 1. The van der Waals surface area contributed by atoms with E-state index < -0.39 is 0 Å². The monoisotopic (exact) mass is 572 g/mol. The number of benzene rings is 1. The van der Waals surface area contributed by atoms with Crippen LogP contribution in [0.15, 0.2) is 21.1 Å². The van der Waals surface area contributed by atoms with Crippen LogP contribution in [0.2, 0.25) is 0 Å². The molecule has 0 unspecified atom stereocenters. The van der Waals surface area contributed by atoms with Gasteiger partial charge in [-0.15, -0.1) is 0 Å². The third-order valence-electron chi connectivity index (χ3n) is 6.76. The van der Waals surface area contributed by atoms with Gasteiger partial charge in [0.1, 0.15) is 5.75 Å². The maximum absolute atomic E-state index is 13.0. The molecule has 1 aliphatic carbocycles. The minimum atomic E-state index is -0.108. The molecule has 2 aliphatic rings. The summed E-state index contributed by atoms with van der Waals surface area (Å²) in [6.45, 7) is 7.67. The number of carbonyl (C=O) groups excluding carboxylic acids is 2. The van der Waals surface area contributed by atoms with Crippen LogP contribution in [0.25, 0.3) is 0 Å². The van der Waals surface area contributed by atoms with Gasteiger partial charge in [-0.25, -0.2) is 0 Å². The minimum absolute atomic E-state index is 0.0655. The molecule has 0 radical (unpaired) electrons. The van der Waals surface area contributed by atoms with Crippen LogP contribution in [0, 0.1) is 11.8 Å². The first-order chi connectivity index (χ1) is 15.3. The summed E-state index contributed by atoms with van der Waals surface area (Å²) in [6.07, 6.45) is 5.60. The molecule has 32 heavy (non-hydrogen) atoms. The van der Waals surface area contributed by atoms with Crippen molar-refractivity contribution in [1.82, 2.24) is 9.80 Å². The first-order valence-corrected chi connectivity index (χ1v) is 13.2. The van der Waals surface area contributed by atoms with Crippen LogP contribution in [0.4, 0.5) is 0 Å². The smallest absolute Gasteiger partial charge is 0.306 e. The fraction of sp³-hybridized carbons (Fsp3) is 0.667. The minimum Gasteiger partial charge on any atom is -0.506 e. The predicted octanol–water partition coefficient (Wildman–Crippen LogP) is 4.75. The van der Waals surface area contributed by atoms with Crippen LogP contribution < -0.4 is 0 Å². The van der Waals surface area contributed by atoms with E-state index in [4.69, 9.17) is 4.74 Å². The Balaban J connectivity index is 1.43. The molecule has 0 spiro atoms. The van der Waals surface area contributed by atoms with Gasteiger partial charge in [-0.05, 0) is 94.5 Å². The Morgan fingerprint density at radius 3 is 2.25 bits per heavy atom. The van der Waals surface area contributed by atoms with Crippen molar-refractivity contribution in [3.05, 3.63) is 26.6 Å². The number of hydrogen-bond acceptors (Lipinski definition) is 5. The van der Waals surface area contributed by atoms with Gasteiger partial charge in [-0.3, -0.25) is 14.5 Å². The van der Waals surface area contributed by atoms with E-state index in [2.05, 4.69) is 36.8 Å². The van der Waals surface area contributed by atoms with Crippen LogP contribution in [0.1, 0.15) is 51.5 Å². The molecule has 2 fully saturated rings. The summed E-state index contributed by atoms with van der Waals surface area (Å²) in [5.74, 6) is 0.656. The Bertz CT molecular complexity index is 780. The van der Waals surface area contributed by atoms with Crippen molar-refractivity contribution in [1.29, 1.82) is 0 Å². The van der Waals surface area contributed by atoms with E-state index in [1.807, 2.05) is 30.9 Å². The highest BCUT2D eigenvalue weighted by Gasteiger charge is 2.31. The summed E-state index contributed by atoms with van der Waals surface area (Å²) >= 11 is 6.73. The van der Waals surface area contributed by atoms with Crippen LogP contribution in [0.3, 0.4) is 0 Å². The van der Waals surface area contributed by atoms with E-state index in [1.165, 1.54) is 0 Å². The van der Waals surface area contributed by atoms with E-state index in [9.17, 15) is 14.7 Å². The molecule has 0 bridgehead atoms. The standard InChI is InChI=1S/C24H34Br2N2O4/c1-3-32-22(29)15-17-4-6-19(7-5-17)27-8-10-28(11-9-27)24(31)16(2)12-18-13-20(25)23(30)21(26)14-18/h13-14,16-17,19,30H,3-12,15H2,1-2H3/t16-,17?,19?/m1/s1. The second-order valence-electron chi connectivity index (χ2n) is 9.06. The molecule has 1 saturated carbocycles. The Morgan fingerprint density at radius 1 is 1.09 bits per heavy atom. The molecule has 178 valence electrons. The summed E-state index contributed by atoms with van der Waals surface area (Å²) in [4.78, 5) is 29.3. The van der Waals surface area contributed by atoms with Crippen LogP contribution in [0.5, 0.6) is 5.75 Å². The number of nitrogens with zero attached hydrogens (tertiary/aromatic N) is 2. The molecule has 1 aromatic rings. The summed E-state index contributed by atoms with van der Waals surface area (Å²) in [7, 11) is 0. The van der Waals surface area contributed by atoms with Crippen molar-refractivity contribution in [3.63, 3.8) is 0 Å². The van der Waals surface area contributed by atoms with Crippen molar-refractivity contribution in [2.75, 3.05) is 32.8 Å². The maximum atomic E-state index is 13.0. The number of carbonyl (C=O) groups is 2. The molecule has 3 rings (SSSR count). The lowest BCUT2D eigenvalue weighted by Gasteiger charge is -2.42. The Hall–Kier alpha value is -1.12. The number of phenols is 1. The van der Waals surface area contributed by atoms with E-state index in [0.717, 1.165) is 57.4 Å². The zero-order valence-corrected chi connectivity index (χ0v) is 22.2. The highest BCUT2D eigenvalue weighted by Crippen LogP contribution is 2.34. The summed E-state index contributed by atoms with van der Waals surface area (Å²) in [6, 6.07) is 4.31. The number of halogens is 2. The van der Waals surface area contributed by atoms with Gasteiger partial charge < -0.3 is 14.7 Å². The lowest BCUT2D eigenvalue weighted by Crippen LogP contribution is -2.53. The average molecular weight is 574 g/mol. The van der Waals surface area contributed by atoms with Crippen molar-refractivity contribution in [3.8, 4) is 5.75 Å². The molecular formula is C24H34Br2N2O4. The lowest BCUT2D eigenvalue weighted by molar-refractivity contribution is -0.144. The van der Waals surface area contributed by atoms with E-state index in [0.29, 0.717) is 40.4 Å². The van der Waals surface area contributed by atoms with E-state index in [-0.39, 0.29) is 23.5 Å². The topological polar surface area (TPSA) is 70.1 Å². The first kappa shape index (κ1) is 25.5. The van der Waals surface area contributed by atoms with Crippen molar-refractivity contribution >= 4 is 43.7 Å². The van der Waals surface area contributed by atoms with Crippen molar-refractivity contribution in [2.45, 2.75) is 58.4 Å². The van der Waals surface area contributed by atoms with Crippen LogP contribution >= 0.6 is 31.9 Å². The van der Waals surface area contributed by atoms with Crippen molar-refractivity contribution < 1.29 is 19.4 Å². The van der Waals surface area contributed by atoms with Gasteiger partial charge in [0.15, 0.2) is 0 Å². The van der Waals surface area contributed by atoms with Crippen molar-refractivity contribution in [2.24, 2.45) is 11.8 Å². The van der Waals surface area contributed by atoms with E-state index >= 15 is 0 Å². The normalized spacial score (nSPS) is 23.1. The fourth-order valence-electron chi connectivity index (χ4n) is 4.97. The molecule has 1 atom stereocenters. The molecule has 0 aromatic heterocycles. The Kier molecular flexibility index (Phi) is 9.44. The first-order valence-electron chi connectivity index (χ1n) is 11.6. The number of ether oxygens (including phenoxy) is 1. The lowest BCUT2D eigenvalue weighted by atomic mass is 9.83. The largest absolute Gasteiger partial charge is 0.506 e. The van der Waals surface area contributed by atoms with Gasteiger partial charge in [0.2, 0.25) is 5.91 Å². The summed E-state index contributed by atoms with van der Waals surface area (Å²) < 4.78 is 6.36. The highest BCUT2D eigenvalue weighted by molar-refractivity contribution is 9.11. The van der Waals surface area contributed by atoms with Crippen LogP contribution in [-0.4, -0.2) is 65.6 Å². The van der Waals surface area contributed by atoms with Gasteiger partial charge in [0.05, 0.1) is 15.6 Å². The predicted molar refractivity (Wildman–Crippen MR) is 132 cm³/mol. The number of rotatable bonds is 7. The fourth-order valence-corrected chi connectivity index (χ4v) is 6.25. The Labute approximate surface area is 207 Å². The van der Waals surface area contributed by atoms with Gasteiger partial charge in [0.25, 0.3) is 0 Å². The van der Waals surface area contributed by atoms with E-state index in [1.54, 1.807) is 0 Å². The zero-order chi connectivity index (χ0) is 23.3. The zero-order valence-electron chi connectivity index (χ0n) is 19.0. The molecule has 8 heteroatoms. The Morgan fingerprint density at radius 2 is 1.69 bits per heavy atom. The molecule has 6 nitrogen and oxygen atoms in total. The number of hydrogen-bond donors (Lipinski definition) is 1. The third kappa shape index (κ3) is 6.70. The SMILES string of the molecule is CCOC(=O)CC1CCC(N2CCN(C(=O)[C@H](C)Cc3cc(Br)c(O)c(Br)c3)CC2)CC1. The second kappa shape index (κ2) is 11.8. The average Bonchev–Trinajstić information content (AvgIpc) is 2.77. The second-order valence-corrected chi connectivity index (χ2v) is 10.8. The molecule has 1 heterocycles. The van der Waals surface area contributed by atoms with Gasteiger partial charge in [-0.1, -0.05) is 6.92 Å². The quantitative estimate of drug-likeness (QED) is 0.477. The molecule has 1 N–H and O–H groups in total. The van der Waals surface area contributed by atoms with Crippen LogP contribution in [-0.2, 0) is 20.7 Å². The third-order valence-corrected chi connectivity index (χ3v) is 7.97. The molecule has 1 aliphatic heterocycles. The van der Waals surface area contributed by atoms with Gasteiger partial charge in [-0.2, -0.15) is 0 Å².